The Kier molecular flexibility index (Phi) is 3.67. The summed E-state index contributed by atoms with van der Waals surface area (Å²) in [5, 5.41) is 0.602. The van der Waals surface area contributed by atoms with Crippen molar-refractivity contribution in [1.82, 2.24) is 0 Å². The van der Waals surface area contributed by atoms with Crippen molar-refractivity contribution in [3.8, 4) is 11.5 Å². The van der Waals surface area contributed by atoms with Gasteiger partial charge in [-0.25, -0.2) is 0 Å². The van der Waals surface area contributed by atoms with Gasteiger partial charge in [0.05, 0.1) is 5.02 Å². The lowest BCUT2D eigenvalue weighted by atomic mass is 10.1. The fourth-order valence-electron chi connectivity index (χ4n) is 1.53. The first-order valence-electron chi connectivity index (χ1n) is 5.42. The average Bonchev–Trinajstić information content (AvgIpc) is 2.35. The maximum atomic E-state index is 6.05. The van der Waals surface area contributed by atoms with Gasteiger partial charge in [0.1, 0.15) is 11.5 Å². The zero-order chi connectivity index (χ0) is 12.3. The Hall–Kier alpha value is -1.51. The van der Waals surface area contributed by atoms with E-state index in [1.54, 1.807) is 6.07 Å². The summed E-state index contributed by atoms with van der Waals surface area (Å²) in [6.45, 7) is 2.49. The smallest absolute Gasteiger partial charge is 0.146 e. The van der Waals surface area contributed by atoms with E-state index in [9.17, 15) is 0 Å². The largest absolute Gasteiger partial charge is 0.456 e. The summed E-state index contributed by atoms with van der Waals surface area (Å²) >= 11 is 6.05. The molecule has 2 nitrogen and oxygen atoms in total. The van der Waals surface area contributed by atoms with Gasteiger partial charge in [-0.1, -0.05) is 35.9 Å². The topological polar surface area (TPSA) is 35.2 Å². The second-order valence-corrected chi connectivity index (χ2v) is 4.24. The highest BCUT2D eigenvalue weighted by Gasteiger charge is 2.05. The molecule has 0 aliphatic rings. The Morgan fingerprint density at radius 2 is 1.88 bits per heavy atom. The molecule has 2 aromatic carbocycles. The van der Waals surface area contributed by atoms with Crippen LogP contribution >= 0.6 is 11.6 Å². The van der Waals surface area contributed by atoms with E-state index in [1.807, 2.05) is 43.3 Å². The molecule has 2 aromatic rings. The van der Waals surface area contributed by atoms with Crippen molar-refractivity contribution in [3.05, 3.63) is 58.6 Å². The number of nitrogens with two attached hydrogens (primary N) is 1. The van der Waals surface area contributed by atoms with Gasteiger partial charge in [-0.2, -0.15) is 0 Å². The first-order chi connectivity index (χ1) is 8.20. The van der Waals surface area contributed by atoms with Crippen LogP contribution in [0.15, 0.2) is 42.5 Å². The molecule has 0 unspecified atom stereocenters. The van der Waals surface area contributed by atoms with Crippen molar-refractivity contribution in [1.29, 1.82) is 0 Å². The Bertz CT molecular complexity index is 525. The van der Waals surface area contributed by atoms with Gasteiger partial charge in [0, 0.05) is 6.54 Å². The molecule has 3 heteroatoms. The lowest BCUT2D eigenvalue weighted by Gasteiger charge is -2.11. The van der Waals surface area contributed by atoms with E-state index in [0.29, 0.717) is 17.3 Å². The molecule has 0 aromatic heterocycles. The van der Waals surface area contributed by atoms with E-state index < -0.39 is 0 Å². The molecule has 0 spiro atoms. The van der Waals surface area contributed by atoms with Gasteiger partial charge in [0.15, 0.2) is 0 Å². The predicted molar refractivity (Wildman–Crippen MR) is 70.6 cm³/mol. The molecule has 0 aliphatic carbocycles. The minimum atomic E-state index is 0.499. The quantitative estimate of drug-likeness (QED) is 0.893. The minimum absolute atomic E-state index is 0.499. The monoisotopic (exact) mass is 247 g/mol. The Balaban J connectivity index is 2.32. The van der Waals surface area contributed by atoms with Crippen LogP contribution in [0.4, 0.5) is 0 Å². The highest BCUT2D eigenvalue weighted by Crippen LogP contribution is 2.31. The molecule has 0 amide bonds. The van der Waals surface area contributed by atoms with E-state index >= 15 is 0 Å². The second kappa shape index (κ2) is 5.21. The molecular formula is C14H14ClNO. The van der Waals surface area contributed by atoms with E-state index in [2.05, 4.69) is 0 Å². The van der Waals surface area contributed by atoms with Gasteiger partial charge in [-0.3, -0.25) is 0 Å². The summed E-state index contributed by atoms with van der Waals surface area (Å²) in [7, 11) is 0. The number of aryl methyl sites for hydroxylation is 1. The first kappa shape index (κ1) is 12.0. The van der Waals surface area contributed by atoms with Crippen molar-refractivity contribution in [2.45, 2.75) is 13.5 Å². The molecule has 0 fully saturated rings. The van der Waals surface area contributed by atoms with Crippen LogP contribution in [0.1, 0.15) is 11.1 Å². The summed E-state index contributed by atoms with van der Waals surface area (Å²) in [6.07, 6.45) is 0. The zero-order valence-corrected chi connectivity index (χ0v) is 10.4. The Morgan fingerprint density at radius 1 is 1.12 bits per heavy atom. The molecule has 0 aliphatic heterocycles. The SMILES string of the molecule is Cc1ccc(CN)cc1Oc1ccccc1Cl. The summed E-state index contributed by atoms with van der Waals surface area (Å²) in [5.41, 5.74) is 7.71. The van der Waals surface area contributed by atoms with Crippen LogP contribution in [-0.4, -0.2) is 0 Å². The maximum absolute atomic E-state index is 6.05. The van der Waals surface area contributed by atoms with Gasteiger partial charge in [-0.05, 0) is 36.2 Å². The van der Waals surface area contributed by atoms with E-state index in [0.717, 1.165) is 16.9 Å². The normalized spacial score (nSPS) is 10.3. The standard InChI is InChI=1S/C14H14ClNO/c1-10-6-7-11(9-16)8-14(10)17-13-5-3-2-4-12(13)15/h2-8H,9,16H2,1H3. The molecule has 0 saturated heterocycles. The first-order valence-corrected chi connectivity index (χ1v) is 5.80. The highest BCUT2D eigenvalue weighted by atomic mass is 35.5. The number of ether oxygens (including phenoxy) is 1. The number of rotatable bonds is 3. The van der Waals surface area contributed by atoms with Crippen LogP contribution in [-0.2, 0) is 6.54 Å². The summed E-state index contributed by atoms with van der Waals surface area (Å²) in [4.78, 5) is 0. The molecule has 0 atom stereocenters. The molecule has 2 N–H and O–H groups in total. The summed E-state index contributed by atoms with van der Waals surface area (Å²) < 4.78 is 5.79. The van der Waals surface area contributed by atoms with Gasteiger partial charge in [-0.15, -0.1) is 0 Å². The minimum Gasteiger partial charge on any atom is -0.456 e. The fraction of sp³-hybridized carbons (Fsp3) is 0.143. The van der Waals surface area contributed by atoms with Gasteiger partial charge in [0.2, 0.25) is 0 Å². The van der Waals surface area contributed by atoms with Crippen LogP contribution in [0.3, 0.4) is 0 Å². The third-order valence-electron chi connectivity index (χ3n) is 2.54. The molecule has 0 radical (unpaired) electrons. The van der Waals surface area contributed by atoms with Crippen LogP contribution in [0.5, 0.6) is 11.5 Å². The molecule has 88 valence electrons. The van der Waals surface area contributed by atoms with Crippen molar-refractivity contribution >= 4 is 11.6 Å². The Labute approximate surface area is 106 Å². The zero-order valence-electron chi connectivity index (χ0n) is 9.61. The van der Waals surface area contributed by atoms with Crippen molar-refractivity contribution in [3.63, 3.8) is 0 Å². The van der Waals surface area contributed by atoms with Crippen LogP contribution in [0.2, 0.25) is 5.02 Å². The van der Waals surface area contributed by atoms with E-state index in [-0.39, 0.29) is 0 Å². The van der Waals surface area contributed by atoms with Crippen molar-refractivity contribution < 1.29 is 4.74 Å². The fourth-order valence-corrected chi connectivity index (χ4v) is 1.70. The van der Waals surface area contributed by atoms with E-state index in [1.165, 1.54) is 0 Å². The second-order valence-electron chi connectivity index (χ2n) is 3.84. The lowest BCUT2D eigenvalue weighted by Crippen LogP contribution is -1.97. The third kappa shape index (κ3) is 2.78. The number of halogens is 1. The summed E-state index contributed by atoms with van der Waals surface area (Å²) in [5.74, 6) is 1.45. The number of hydrogen-bond donors (Lipinski definition) is 1. The van der Waals surface area contributed by atoms with Gasteiger partial charge >= 0.3 is 0 Å². The maximum Gasteiger partial charge on any atom is 0.146 e. The molecule has 0 bridgehead atoms. The molecule has 17 heavy (non-hydrogen) atoms. The summed E-state index contributed by atoms with van der Waals surface area (Å²) in [6, 6.07) is 13.3. The lowest BCUT2D eigenvalue weighted by molar-refractivity contribution is 0.478. The van der Waals surface area contributed by atoms with Crippen LogP contribution in [0.25, 0.3) is 0 Å². The number of hydrogen-bond acceptors (Lipinski definition) is 2. The van der Waals surface area contributed by atoms with Crippen LogP contribution in [0, 0.1) is 6.92 Å². The average molecular weight is 248 g/mol. The molecule has 0 heterocycles. The van der Waals surface area contributed by atoms with Crippen molar-refractivity contribution in [2.24, 2.45) is 5.73 Å². The molecule has 0 saturated carbocycles. The molecular weight excluding hydrogens is 234 g/mol. The highest BCUT2D eigenvalue weighted by molar-refractivity contribution is 6.32. The van der Waals surface area contributed by atoms with Crippen molar-refractivity contribution in [2.75, 3.05) is 0 Å². The number of para-hydroxylation sites is 1. The van der Waals surface area contributed by atoms with E-state index in [4.69, 9.17) is 22.1 Å². The van der Waals surface area contributed by atoms with Gasteiger partial charge < -0.3 is 10.5 Å². The third-order valence-corrected chi connectivity index (χ3v) is 2.86. The Morgan fingerprint density at radius 3 is 2.59 bits per heavy atom. The van der Waals surface area contributed by atoms with Crippen LogP contribution < -0.4 is 10.5 Å². The number of benzene rings is 2. The van der Waals surface area contributed by atoms with Gasteiger partial charge in [0.25, 0.3) is 0 Å². The predicted octanol–water partition coefficient (Wildman–Crippen LogP) is 3.90. The molecule has 2 rings (SSSR count).